The molecule has 0 unspecified atom stereocenters. The molecule has 2 aromatic rings. The number of amides is 2. The molecular formula is C19H14FN3O4. The van der Waals surface area contributed by atoms with Crippen molar-refractivity contribution >= 4 is 29.2 Å². The quantitative estimate of drug-likeness (QED) is 0.652. The largest absolute Gasteiger partial charge is 0.456 e. The Kier molecular flexibility index (Phi) is 4.15. The number of nitrogens with one attached hydrogen (secondary N) is 1. The molecule has 136 valence electrons. The number of carbonyl (C=O) groups excluding carboxylic acids is 3. The van der Waals surface area contributed by atoms with Gasteiger partial charge in [-0.2, -0.15) is 5.10 Å². The van der Waals surface area contributed by atoms with Crippen molar-refractivity contribution in [1.82, 2.24) is 5.43 Å². The first kappa shape index (κ1) is 16.9. The number of ether oxygens (including phenoxy) is 1. The first-order chi connectivity index (χ1) is 13.1. The number of imide groups is 1. The Labute approximate surface area is 153 Å². The predicted octanol–water partition coefficient (Wildman–Crippen LogP) is 1.39. The number of hydrogen-bond donors (Lipinski definition) is 1. The number of hydrogen-bond acceptors (Lipinski definition) is 6. The van der Waals surface area contributed by atoms with Gasteiger partial charge in [-0.05, 0) is 29.8 Å². The van der Waals surface area contributed by atoms with Gasteiger partial charge >= 0.3 is 5.97 Å². The molecule has 27 heavy (non-hydrogen) atoms. The van der Waals surface area contributed by atoms with Gasteiger partial charge in [0.05, 0.1) is 5.69 Å². The minimum absolute atomic E-state index is 0.0277. The van der Waals surface area contributed by atoms with Gasteiger partial charge in [0.1, 0.15) is 24.4 Å². The van der Waals surface area contributed by atoms with Crippen LogP contribution in [0.3, 0.4) is 0 Å². The van der Waals surface area contributed by atoms with Crippen LogP contribution >= 0.6 is 0 Å². The van der Waals surface area contributed by atoms with Crippen molar-refractivity contribution < 1.29 is 23.5 Å². The van der Waals surface area contributed by atoms with Crippen molar-refractivity contribution in [3.8, 4) is 0 Å². The topological polar surface area (TPSA) is 88.1 Å². The lowest BCUT2D eigenvalue weighted by Crippen LogP contribution is -2.36. The molecule has 1 N–H and O–H groups in total. The molecule has 1 saturated heterocycles. The Balaban J connectivity index is 1.51. The number of benzene rings is 2. The molecule has 7 nitrogen and oxygen atoms in total. The van der Waals surface area contributed by atoms with Gasteiger partial charge in [0, 0.05) is 0 Å². The summed E-state index contributed by atoms with van der Waals surface area (Å²) in [6.45, 7) is 0.0277. The minimum atomic E-state index is -1.06. The number of nitrogens with zero attached hydrogens (tertiary/aromatic N) is 2. The smallest absolute Gasteiger partial charge is 0.355 e. The van der Waals surface area contributed by atoms with Crippen molar-refractivity contribution in [2.75, 3.05) is 4.90 Å². The summed E-state index contributed by atoms with van der Waals surface area (Å²) in [5.41, 5.74) is 3.42. The van der Waals surface area contributed by atoms with Crippen LogP contribution in [-0.4, -0.2) is 29.5 Å². The Bertz CT molecular complexity index is 943. The first-order valence-electron chi connectivity index (χ1n) is 8.24. The van der Waals surface area contributed by atoms with Crippen LogP contribution < -0.4 is 10.3 Å². The minimum Gasteiger partial charge on any atom is -0.456 e. The molecule has 2 aromatic carbocycles. The third-order valence-electron chi connectivity index (χ3n) is 4.43. The normalized spacial score (nSPS) is 20.9. The van der Waals surface area contributed by atoms with Gasteiger partial charge in [0.25, 0.3) is 5.91 Å². The van der Waals surface area contributed by atoms with E-state index >= 15 is 0 Å². The van der Waals surface area contributed by atoms with E-state index in [1.54, 1.807) is 12.1 Å². The fraction of sp³-hybridized carbons (Fsp3) is 0.158. The lowest BCUT2D eigenvalue weighted by Gasteiger charge is -2.15. The van der Waals surface area contributed by atoms with Crippen molar-refractivity contribution in [3.05, 3.63) is 66.0 Å². The van der Waals surface area contributed by atoms with Gasteiger partial charge in [0.2, 0.25) is 5.91 Å². The van der Waals surface area contributed by atoms with Crippen molar-refractivity contribution in [2.45, 2.75) is 12.6 Å². The molecule has 0 aliphatic carbocycles. The van der Waals surface area contributed by atoms with Crippen LogP contribution in [-0.2, 0) is 25.7 Å². The highest BCUT2D eigenvalue weighted by Gasteiger charge is 2.55. The second kappa shape index (κ2) is 6.64. The zero-order valence-corrected chi connectivity index (χ0v) is 14.0. The van der Waals surface area contributed by atoms with Gasteiger partial charge in [-0.3, -0.25) is 15.0 Å². The second-order valence-electron chi connectivity index (χ2n) is 6.13. The van der Waals surface area contributed by atoms with Gasteiger partial charge < -0.3 is 4.74 Å². The summed E-state index contributed by atoms with van der Waals surface area (Å²) in [7, 11) is 0. The molecule has 2 atom stereocenters. The molecule has 0 aromatic heterocycles. The van der Waals surface area contributed by atoms with E-state index in [2.05, 4.69) is 10.5 Å². The van der Waals surface area contributed by atoms with Gasteiger partial charge in [-0.25, -0.2) is 14.1 Å². The van der Waals surface area contributed by atoms with Crippen molar-refractivity contribution in [1.29, 1.82) is 0 Å². The van der Waals surface area contributed by atoms with Gasteiger partial charge in [-0.15, -0.1) is 0 Å². The maximum Gasteiger partial charge on any atom is 0.355 e. The molecule has 0 bridgehead atoms. The number of halogens is 1. The average Bonchev–Trinajstić information content (AvgIpc) is 3.22. The number of fused-ring (bicyclic) bond motifs is 1. The summed E-state index contributed by atoms with van der Waals surface area (Å²) in [5.74, 6) is -3.46. The SMILES string of the molecule is O=C(OCc1ccccc1)C1=NN[C@H]2C(=O)N(c3ccc(F)cc3)C(=O)[C@H]12. The van der Waals surface area contributed by atoms with E-state index in [0.717, 1.165) is 22.6 Å². The molecule has 2 aliphatic rings. The van der Waals surface area contributed by atoms with Crippen LogP contribution in [0.5, 0.6) is 0 Å². The van der Waals surface area contributed by atoms with Crippen molar-refractivity contribution in [3.63, 3.8) is 0 Å². The molecule has 2 amide bonds. The van der Waals surface area contributed by atoms with E-state index in [9.17, 15) is 18.8 Å². The zero-order chi connectivity index (χ0) is 19.0. The summed E-state index contributed by atoms with van der Waals surface area (Å²) < 4.78 is 18.3. The highest BCUT2D eigenvalue weighted by molar-refractivity contribution is 6.46. The summed E-state index contributed by atoms with van der Waals surface area (Å²) in [4.78, 5) is 38.6. The Hall–Kier alpha value is -3.55. The fourth-order valence-electron chi connectivity index (χ4n) is 3.10. The maximum atomic E-state index is 13.1. The first-order valence-corrected chi connectivity index (χ1v) is 8.24. The Morgan fingerprint density at radius 2 is 1.78 bits per heavy atom. The molecular weight excluding hydrogens is 353 g/mol. The van der Waals surface area contributed by atoms with E-state index in [1.165, 1.54) is 12.1 Å². The molecule has 0 spiro atoms. The number of rotatable bonds is 4. The van der Waals surface area contributed by atoms with E-state index in [1.807, 2.05) is 18.2 Å². The third kappa shape index (κ3) is 2.95. The fourth-order valence-corrected chi connectivity index (χ4v) is 3.10. The van der Waals surface area contributed by atoms with Crippen LogP contribution in [0.15, 0.2) is 59.7 Å². The van der Waals surface area contributed by atoms with E-state index in [4.69, 9.17) is 4.74 Å². The van der Waals surface area contributed by atoms with E-state index < -0.39 is 35.6 Å². The number of anilines is 1. The third-order valence-corrected chi connectivity index (χ3v) is 4.43. The molecule has 4 rings (SSSR count). The van der Waals surface area contributed by atoms with Gasteiger partial charge in [-0.1, -0.05) is 30.3 Å². The zero-order valence-electron chi connectivity index (χ0n) is 14.0. The molecule has 1 fully saturated rings. The van der Waals surface area contributed by atoms with Crippen LogP contribution in [0.25, 0.3) is 0 Å². The predicted molar refractivity (Wildman–Crippen MR) is 93.0 cm³/mol. The number of esters is 1. The summed E-state index contributed by atoms with van der Waals surface area (Å²) in [6, 6.07) is 13.1. The van der Waals surface area contributed by atoms with E-state index in [-0.39, 0.29) is 18.0 Å². The van der Waals surface area contributed by atoms with Crippen LogP contribution in [0, 0.1) is 11.7 Å². The molecule has 0 radical (unpaired) electrons. The summed E-state index contributed by atoms with van der Waals surface area (Å²) in [5, 5.41) is 3.84. The lowest BCUT2D eigenvalue weighted by atomic mass is 9.99. The number of hydrazone groups is 1. The highest BCUT2D eigenvalue weighted by Crippen LogP contribution is 2.31. The van der Waals surface area contributed by atoms with Crippen molar-refractivity contribution in [2.24, 2.45) is 11.0 Å². The molecule has 0 saturated carbocycles. The average molecular weight is 367 g/mol. The second-order valence-corrected chi connectivity index (χ2v) is 6.13. The van der Waals surface area contributed by atoms with E-state index in [0.29, 0.717) is 0 Å². The molecule has 2 aliphatic heterocycles. The van der Waals surface area contributed by atoms with Crippen LogP contribution in [0.1, 0.15) is 5.56 Å². The van der Waals surface area contributed by atoms with Crippen LogP contribution in [0.4, 0.5) is 10.1 Å². The number of carbonyl (C=O) groups is 3. The van der Waals surface area contributed by atoms with Gasteiger partial charge in [0.15, 0.2) is 5.71 Å². The summed E-state index contributed by atoms with van der Waals surface area (Å²) in [6.07, 6.45) is 0. The maximum absolute atomic E-state index is 13.1. The standard InChI is InChI=1S/C19H14FN3O4/c20-12-6-8-13(9-7-12)23-17(24)14-15(18(23)25)21-22-16(14)19(26)27-10-11-4-2-1-3-5-11/h1-9,14-15,21H,10H2/t14-,15+/m0/s1. The summed E-state index contributed by atoms with van der Waals surface area (Å²) >= 11 is 0. The monoisotopic (exact) mass is 367 g/mol. The Morgan fingerprint density at radius 1 is 1.07 bits per heavy atom. The Morgan fingerprint density at radius 3 is 2.48 bits per heavy atom. The van der Waals surface area contributed by atoms with Crippen LogP contribution in [0.2, 0.25) is 0 Å². The lowest BCUT2D eigenvalue weighted by molar-refractivity contribution is -0.137. The molecule has 2 heterocycles. The highest BCUT2D eigenvalue weighted by atomic mass is 19.1. The molecule has 8 heteroatoms.